The van der Waals surface area contributed by atoms with Crippen LogP contribution in [-0.4, -0.2) is 21.1 Å². The van der Waals surface area contributed by atoms with Gasteiger partial charge in [-0.1, -0.05) is 59.3 Å². The van der Waals surface area contributed by atoms with Crippen molar-refractivity contribution in [2.45, 2.75) is 17.8 Å². The summed E-state index contributed by atoms with van der Waals surface area (Å²) in [6.07, 6.45) is 2.85. The minimum atomic E-state index is -0.423. The van der Waals surface area contributed by atoms with Gasteiger partial charge >= 0.3 is 0 Å². The number of thioether (sulfide) groups is 1. The van der Waals surface area contributed by atoms with E-state index in [0.717, 1.165) is 5.75 Å². The van der Waals surface area contributed by atoms with Crippen molar-refractivity contribution < 1.29 is 4.39 Å². The van der Waals surface area contributed by atoms with Crippen LogP contribution in [0.15, 0.2) is 59.0 Å². The van der Waals surface area contributed by atoms with E-state index in [-0.39, 0.29) is 5.56 Å². The number of nitrogens with zero attached hydrogens (tertiary/aromatic N) is 4. The number of hydrogen-bond acceptors (Lipinski definition) is 4. The molecule has 0 amide bonds. The zero-order chi connectivity index (χ0) is 16.9. The summed E-state index contributed by atoms with van der Waals surface area (Å²) in [5.74, 6) is 0.322. The summed E-state index contributed by atoms with van der Waals surface area (Å²) < 4.78 is 15.3. The number of aryl methyl sites for hydroxylation is 1. The minimum absolute atomic E-state index is 0.238. The normalized spacial score (nSPS) is 11.3. The number of hydrogen-bond donors (Lipinski definition) is 0. The second-order valence-electron chi connectivity index (χ2n) is 5.11. The van der Waals surface area contributed by atoms with Gasteiger partial charge in [-0.2, -0.15) is 9.78 Å². The van der Waals surface area contributed by atoms with Crippen LogP contribution in [0.2, 0.25) is 5.02 Å². The number of benzene rings is 2. The molecule has 0 aliphatic heterocycles. The van der Waals surface area contributed by atoms with Gasteiger partial charge in [0, 0.05) is 11.3 Å². The van der Waals surface area contributed by atoms with Gasteiger partial charge in [-0.15, -0.1) is 10.2 Å². The molecule has 3 aromatic rings. The quantitative estimate of drug-likeness (QED) is 0.495. The molecule has 1 aromatic heterocycles. The summed E-state index contributed by atoms with van der Waals surface area (Å²) in [7, 11) is 0. The average molecular weight is 361 g/mol. The first-order valence-electron chi connectivity index (χ1n) is 7.20. The molecule has 0 unspecified atom stereocenters. The first-order valence-corrected chi connectivity index (χ1v) is 8.56. The second-order valence-corrected chi connectivity index (χ2v) is 6.46. The highest BCUT2D eigenvalue weighted by Crippen LogP contribution is 2.21. The molecule has 7 heteroatoms. The van der Waals surface area contributed by atoms with Crippen LogP contribution in [0.1, 0.15) is 16.7 Å². The van der Waals surface area contributed by atoms with Gasteiger partial charge < -0.3 is 0 Å². The molecule has 0 atom stereocenters. The molecule has 24 heavy (non-hydrogen) atoms. The Morgan fingerprint density at radius 1 is 1.25 bits per heavy atom. The van der Waals surface area contributed by atoms with Gasteiger partial charge in [0.2, 0.25) is 5.16 Å². The van der Waals surface area contributed by atoms with Crippen molar-refractivity contribution in [3.63, 3.8) is 0 Å². The molecule has 0 bridgehead atoms. The van der Waals surface area contributed by atoms with Crippen LogP contribution in [0, 0.1) is 12.7 Å². The minimum Gasteiger partial charge on any atom is -0.206 e. The second kappa shape index (κ2) is 7.59. The van der Waals surface area contributed by atoms with E-state index in [1.807, 2.05) is 0 Å². The van der Waals surface area contributed by atoms with E-state index < -0.39 is 5.82 Å². The lowest BCUT2D eigenvalue weighted by Crippen LogP contribution is -1.95. The Hall–Kier alpha value is -2.18. The van der Waals surface area contributed by atoms with E-state index in [1.165, 1.54) is 46.2 Å². The van der Waals surface area contributed by atoms with Crippen molar-refractivity contribution in [2.24, 2.45) is 5.10 Å². The predicted molar refractivity (Wildman–Crippen MR) is 95.2 cm³/mol. The summed E-state index contributed by atoms with van der Waals surface area (Å²) in [5, 5.41) is 13.0. The van der Waals surface area contributed by atoms with Crippen molar-refractivity contribution in [2.75, 3.05) is 0 Å². The third-order valence-corrected chi connectivity index (χ3v) is 4.63. The monoisotopic (exact) mass is 360 g/mol. The standard InChI is InChI=1S/C17H14ClFN4S/c1-12-5-7-13(8-6-12)10-24-17-22-20-11-23(17)21-9-14-15(18)3-2-4-16(14)19/h2-9,11H,10H2,1H3/b21-9+. The maximum absolute atomic E-state index is 13.8. The molecule has 0 saturated carbocycles. The molecular weight excluding hydrogens is 347 g/mol. The maximum atomic E-state index is 13.8. The highest BCUT2D eigenvalue weighted by molar-refractivity contribution is 7.98. The SMILES string of the molecule is Cc1ccc(CSc2nncn2/N=C/c2c(F)cccc2Cl)cc1. The fourth-order valence-electron chi connectivity index (χ4n) is 1.98. The zero-order valence-corrected chi connectivity index (χ0v) is 14.4. The van der Waals surface area contributed by atoms with Crippen molar-refractivity contribution in [1.29, 1.82) is 0 Å². The molecule has 0 radical (unpaired) electrons. The molecule has 4 nitrogen and oxygen atoms in total. The van der Waals surface area contributed by atoms with Crippen LogP contribution < -0.4 is 0 Å². The molecule has 0 aliphatic rings. The van der Waals surface area contributed by atoms with E-state index in [4.69, 9.17) is 11.6 Å². The van der Waals surface area contributed by atoms with E-state index in [2.05, 4.69) is 46.5 Å². The fraction of sp³-hybridized carbons (Fsp3) is 0.118. The first-order chi connectivity index (χ1) is 11.6. The van der Waals surface area contributed by atoms with Crippen molar-refractivity contribution >= 4 is 29.6 Å². The van der Waals surface area contributed by atoms with Crippen molar-refractivity contribution in [1.82, 2.24) is 14.9 Å². The van der Waals surface area contributed by atoms with E-state index >= 15 is 0 Å². The Kier molecular flexibility index (Phi) is 5.27. The predicted octanol–water partition coefficient (Wildman–Crippen LogP) is 4.55. The first kappa shape index (κ1) is 16.7. The van der Waals surface area contributed by atoms with Gasteiger partial charge in [0.05, 0.1) is 11.2 Å². The number of rotatable bonds is 5. The Labute approximate surface area is 148 Å². The van der Waals surface area contributed by atoms with Gasteiger partial charge in [0.1, 0.15) is 12.1 Å². The Morgan fingerprint density at radius 2 is 2.04 bits per heavy atom. The molecule has 122 valence electrons. The Morgan fingerprint density at radius 3 is 2.79 bits per heavy atom. The number of aromatic nitrogens is 3. The van der Waals surface area contributed by atoms with Crippen LogP contribution in [-0.2, 0) is 5.75 Å². The third-order valence-electron chi connectivity index (χ3n) is 3.30. The van der Waals surface area contributed by atoms with Crippen LogP contribution in [0.4, 0.5) is 4.39 Å². The van der Waals surface area contributed by atoms with Crippen LogP contribution in [0.3, 0.4) is 0 Å². The van der Waals surface area contributed by atoms with Crippen LogP contribution in [0.5, 0.6) is 0 Å². The van der Waals surface area contributed by atoms with Crippen LogP contribution in [0.25, 0.3) is 0 Å². The lowest BCUT2D eigenvalue weighted by atomic mass is 10.2. The lowest BCUT2D eigenvalue weighted by Gasteiger charge is -2.03. The van der Waals surface area contributed by atoms with Gasteiger partial charge in [0.15, 0.2) is 0 Å². The molecular formula is C17H14ClFN4S. The lowest BCUT2D eigenvalue weighted by molar-refractivity contribution is 0.625. The highest BCUT2D eigenvalue weighted by atomic mass is 35.5. The summed E-state index contributed by atoms with van der Waals surface area (Å²) in [5.41, 5.74) is 2.64. The van der Waals surface area contributed by atoms with Gasteiger partial charge in [0.25, 0.3) is 0 Å². The van der Waals surface area contributed by atoms with Crippen molar-refractivity contribution in [3.05, 3.63) is 76.3 Å². The maximum Gasteiger partial charge on any atom is 0.212 e. The third kappa shape index (κ3) is 4.01. The molecule has 3 rings (SSSR count). The molecule has 0 saturated heterocycles. The van der Waals surface area contributed by atoms with Gasteiger partial charge in [-0.25, -0.2) is 4.39 Å². The largest absolute Gasteiger partial charge is 0.212 e. The van der Waals surface area contributed by atoms with E-state index in [9.17, 15) is 4.39 Å². The summed E-state index contributed by atoms with van der Waals surface area (Å²) in [6, 6.07) is 12.8. The molecule has 0 spiro atoms. The molecule has 2 aromatic carbocycles. The topological polar surface area (TPSA) is 43.1 Å². The van der Waals surface area contributed by atoms with Crippen molar-refractivity contribution in [3.8, 4) is 0 Å². The Bertz CT molecular complexity index is 841. The van der Waals surface area contributed by atoms with Gasteiger partial charge in [-0.05, 0) is 24.6 Å². The molecule has 0 N–H and O–H groups in total. The van der Waals surface area contributed by atoms with E-state index in [1.54, 1.807) is 12.1 Å². The summed E-state index contributed by atoms with van der Waals surface area (Å²) >= 11 is 7.49. The Balaban J connectivity index is 1.73. The summed E-state index contributed by atoms with van der Waals surface area (Å²) in [6.45, 7) is 2.05. The molecule has 0 aliphatic carbocycles. The molecule has 0 fully saturated rings. The zero-order valence-electron chi connectivity index (χ0n) is 12.9. The highest BCUT2D eigenvalue weighted by Gasteiger charge is 2.07. The fourth-order valence-corrected chi connectivity index (χ4v) is 3.01. The molecule has 1 heterocycles. The number of halogens is 2. The van der Waals surface area contributed by atoms with Crippen LogP contribution >= 0.6 is 23.4 Å². The van der Waals surface area contributed by atoms with Gasteiger partial charge in [-0.3, -0.25) is 0 Å². The smallest absolute Gasteiger partial charge is 0.206 e. The average Bonchev–Trinajstić information content (AvgIpc) is 3.01. The van der Waals surface area contributed by atoms with E-state index in [0.29, 0.717) is 10.2 Å². The summed E-state index contributed by atoms with van der Waals surface area (Å²) in [4.78, 5) is 0.